The van der Waals surface area contributed by atoms with Crippen molar-refractivity contribution in [2.75, 3.05) is 13.1 Å². The molecule has 1 N–H and O–H groups in total. The molecule has 0 aliphatic carbocycles. The molecule has 0 fully saturated rings. The molecule has 0 aromatic heterocycles. The van der Waals surface area contributed by atoms with E-state index in [0.717, 1.165) is 23.1 Å². The summed E-state index contributed by atoms with van der Waals surface area (Å²) in [6.45, 7) is 4.04. The third-order valence-corrected chi connectivity index (χ3v) is 4.00. The summed E-state index contributed by atoms with van der Waals surface area (Å²) in [6.07, 6.45) is -1.17. The molecule has 0 aliphatic heterocycles. The molecule has 0 aliphatic rings. The Balaban J connectivity index is 2.34. The van der Waals surface area contributed by atoms with Gasteiger partial charge in [-0.05, 0) is 32.4 Å². The first-order valence-electron chi connectivity index (χ1n) is 9.16. The minimum absolute atomic E-state index is 0.343. The number of esters is 1. The summed E-state index contributed by atoms with van der Waals surface area (Å²) in [6, 6.07) is 10.9. The molecule has 0 heterocycles. The van der Waals surface area contributed by atoms with E-state index in [2.05, 4.69) is 0 Å². The number of carbonyl (C=O) groups excluding carboxylic acids is 2. The number of amides is 1. The summed E-state index contributed by atoms with van der Waals surface area (Å²) in [5.74, 6) is -2.71. The van der Waals surface area contributed by atoms with Gasteiger partial charge in [0.1, 0.15) is 18.0 Å². The van der Waals surface area contributed by atoms with Crippen LogP contribution in [0.4, 0.5) is 10.1 Å². The molecule has 2 aromatic carbocycles. The highest BCUT2D eigenvalue weighted by Gasteiger charge is 2.28. The van der Waals surface area contributed by atoms with Crippen LogP contribution in [0.15, 0.2) is 48.5 Å². The highest BCUT2D eigenvalue weighted by molar-refractivity contribution is 5.96. The number of benzene rings is 2. The van der Waals surface area contributed by atoms with E-state index in [1.807, 2.05) is 0 Å². The number of aliphatic hydroxyl groups is 1. The molecule has 0 saturated heterocycles. The van der Waals surface area contributed by atoms with Gasteiger partial charge in [0.2, 0.25) is 0 Å². The van der Waals surface area contributed by atoms with Gasteiger partial charge < -0.3 is 14.7 Å². The first-order valence-corrected chi connectivity index (χ1v) is 9.16. The number of ether oxygens (including phenoxy) is 1. The number of nitro benzene ring substituents is 1. The minimum Gasteiger partial charge on any atom is -0.459 e. The van der Waals surface area contributed by atoms with Crippen molar-refractivity contribution in [2.24, 2.45) is 0 Å². The molecule has 2 rings (SSSR count). The van der Waals surface area contributed by atoms with Gasteiger partial charge in [-0.3, -0.25) is 19.7 Å². The third-order valence-electron chi connectivity index (χ3n) is 4.00. The zero-order valence-corrected chi connectivity index (χ0v) is 16.9. The zero-order chi connectivity index (χ0) is 22.5. The van der Waals surface area contributed by atoms with Crippen molar-refractivity contribution in [1.82, 2.24) is 4.90 Å². The number of carbonyl (C=O) groups is 2. The van der Waals surface area contributed by atoms with Crippen LogP contribution >= 0.6 is 0 Å². The number of hydrogen-bond donors (Lipinski definition) is 1. The Morgan fingerprint density at radius 3 is 2.40 bits per heavy atom. The van der Waals surface area contributed by atoms with Gasteiger partial charge in [0.15, 0.2) is 0 Å². The van der Waals surface area contributed by atoms with Crippen LogP contribution in [0.25, 0.3) is 0 Å². The molecule has 0 bridgehead atoms. The lowest BCUT2D eigenvalue weighted by Gasteiger charge is -2.27. The predicted octanol–water partition coefficient (Wildman–Crippen LogP) is 3.25. The van der Waals surface area contributed by atoms with Crippen LogP contribution in [-0.4, -0.2) is 45.5 Å². The number of nitrogens with zero attached hydrogens (tertiary/aromatic N) is 2. The average Bonchev–Trinajstić information content (AvgIpc) is 2.66. The summed E-state index contributed by atoms with van der Waals surface area (Å²) in [5, 5.41) is 21.5. The average molecular weight is 418 g/mol. The molecule has 8 nitrogen and oxygen atoms in total. The van der Waals surface area contributed by atoms with Crippen molar-refractivity contribution in [3.8, 4) is 0 Å². The highest BCUT2D eigenvalue weighted by atomic mass is 19.1. The monoisotopic (exact) mass is 418 g/mol. The smallest absolute Gasteiger partial charge is 0.326 e. The lowest BCUT2D eigenvalue weighted by atomic mass is 10.1. The highest BCUT2D eigenvalue weighted by Crippen LogP contribution is 2.21. The van der Waals surface area contributed by atoms with Crippen LogP contribution < -0.4 is 0 Å². The fourth-order valence-corrected chi connectivity index (χ4v) is 2.70. The third kappa shape index (κ3) is 6.35. The van der Waals surface area contributed by atoms with Crippen molar-refractivity contribution in [3.63, 3.8) is 0 Å². The summed E-state index contributed by atoms with van der Waals surface area (Å²) >= 11 is 0. The fourth-order valence-electron chi connectivity index (χ4n) is 2.70. The van der Waals surface area contributed by atoms with E-state index in [1.54, 1.807) is 51.1 Å². The zero-order valence-electron chi connectivity index (χ0n) is 16.9. The number of nitro groups is 1. The SMILES string of the molecule is CC(C)(C)OC(=O)CN(CC(O)c1ccccc1)C(=O)c1cc([N+](=O)[O-])ccc1F. The van der Waals surface area contributed by atoms with Crippen molar-refractivity contribution >= 4 is 17.6 Å². The van der Waals surface area contributed by atoms with Crippen LogP contribution in [0.3, 0.4) is 0 Å². The first-order chi connectivity index (χ1) is 14.0. The van der Waals surface area contributed by atoms with Crippen molar-refractivity contribution in [2.45, 2.75) is 32.5 Å². The van der Waals surface area contributed by atoms with E-state index in [0.29, 0.717) is 5.56 Å². The molecule has 9 heteroatoms. The Bertz CT molecular complexity index is 927. The van der Waals surface area contributed by atoms with Gasteiger partial charge in [-0.15, -0.1) is 0 Å². The Kier molecular flexibility index (Phi) is 7.23. The van der Waals surface area contributed by atoms with Gasteiger partial charge in [-0.2, -0.15) is 0 Å². The molecule has 30 heavy (non-hydrogen) atoms. The number of aliphatic hydroxyl groups excluding tert-OH is 1. The summed E-state index contributed by atoms with van der Waals surface area (Å²) in [7, 11) is 0. The lowest BCUT2D eigenvalue weighted by Crippen LogP contribution is -2.41. The molecule has 0 saturated carbocycles. The maximum atomic E-state index is 14.3. The van der Waals surface area contributed by atoms with Crippen LogP contribution in [0.5, 0.6) is 0 Å². The largest absolute Gasteiger partial charge is 0.459 e. The normalized spacial score (nSPS) is 12.2. The fraction of sp³-hybridized carbons (Fsp3) is 0.333. The summed E-state index contributed by atoms with van der Waals surface area (Å²) in [4.78, 5) is 36.4. The van der Waals surface area contributed by atoms with Crippen molar-refractivity contribution in [3.05, 3.63) is 75.6 Å². The van der Waals surface area contributed by atoms with Gasteiger partial charge in [-0.1, -0.05) is 30.3 Å². The molecule has 1 unspecified atom stereocenters. The molecule has 0 radical (unpaired) electrons. The number of non-ortho nitro benzene ring substituents is 1. The molecule has 2 aromatic rings. The second kappa shape index (κ2) is 9.45. The maximum absolute atomic E-state index is 14.3. The quantitative estimate of drug-likeness (QED) is 0.420. The Labute approximate surface area is 173 Å². The second-order valence-electron chi connectivity index (χ2n) is 7.62. The predicted molar refractivity (Wildman–Crippen MR) is 106 cm³/mol. The number of rotatable bonds is 7. The van der Waals surface area contributed by atoms with Crippen LogP contribution in [0, 0.1) is 15.9 Å². The molecule has 160 valence electrons. The van der Waals surface area contributed by atoms with Crippen LogP contribution in [0.1, 0.15) is 42.8 Å². The van der Waals surface area contributed by atoms with E-state index < -0.39 is 52.1 Å². The number of halogens is 1. The molecular weight excluding hydrogens is 395 g/mol. The summed E-state index contributed by atoms with van der Waals surface area (Å²) < 4.78 is 19.5. The van der Waals surface area contributed by atoms with Crippen molar-refractivity contribution < 1.29 is 28.7 Å². The summed E-state index contributed by atoms with van der Waals surface area (Å²) in [5.41, 5.74) is -1.38. The minimum atomic E-state index is -1.17. The van der Waals surface area contributed by atoms with Gasteiger partial charge in [0, 0.05) is 12.1 Å². The molecule has 0 spiro atoms. The molecular formula is C21H23FN2O6. The maximum Gasteiger partial charge on any atom is 0.326 e. The lowest BCUT2D eigenvalue weighted by molar-refractivity contribution is -0.384. The first kappa shape index (κ1) is 23.0. The van der Waals surface area contributed by atoms with E-state index in [4.69, 9.17) is 4.74 Å². The van der Waals surface area contributed by atoms with E-state index in [9.17, 15) is 29.2 Å². The van der Waals surface area contributed by atoms with Gasteiger partial charge in [0.25, 0.3) is 11.6 Å². The standard InChI is InChI=1S/C21H23FN2O6/c1-21(2,3)30-19(26)13-23(12-18(25)14-7-5-4-6-8-14)20(27)16-11-15(24(28)29)9-10-17(16)22/h4-11,18,25H,12-13H2,1-3H3. The van der Waals surface area contributed by atoms with Crippen molar-refractivity contribution in [1.29, 1.82) is 0 Å². The molecule has 1 amide bonds. The van der Waals surface area contributed by atoms with E-state index in [1.165, 1.54) is 0 Å². The van der Waals surface area contributed by atoms with Gasteiger partial charge in [-0.25, -0.2) is 4.39 Å². The van der Waals surface area contributed by atoms with Crippen LogP contribution in [0.2, 0.25) is 0 Å². The number of hydrogen-bond acceptors (Lipinski definition) is 6. The van der Waals surface area contributed by atoms with Gasteiger partial charge in [0.05, 0.1) is 23.1 Å². The molecule has 1 atom stereocenters. The second-order valence-corrected chi connectivity index (χ2v) is 7.62. The van der Waals surface area contributed by atoms with Gasteiger partial charge >= 0.3 is 5.97 Å². The Hall–Kier alpha value is -3.33. The Morgan fingerprint density at radius 2 is 1.83 bits per heavy atom. The van der Waals surface area contributed by atoms with E-state index >= 15 is 0 Å². The Morgan fingerprint density at radius 1 is 1.20 bits per heavy atom. The topological polar surface area (TPSA) is 110 Å². The van der Waals surface area contributed by atoms with Crippen LogP contribution in [-0.2, 0) is 9.53 Å². The van der Waals surface area contributed by atoms with E-state index in [-0.39, 0.29) is 6.54 Å².